The van der Waals surface area contributed by atoms with Gasteiger partial charge >= 0.3 is 0 Å². The van der Waals surface area contributed by atoms with Crippen molar-refractivity contribution in [3.05, 3.63) is 246 Å². The molecule has 4 nitrogen and oxygen atoms in total. The average Bonchev–Trinajstić information content (AvgIpc) is 3.63. The minimum atomic E-state index is -0.415. The van der Waals surface area contributed by atoms with Crippen LogP contribution in [0, 0.1) is 0 Å². The maximum absolute atomic E-state index is 5.38. The first-order valence-electron chi connectivity index (χ1n) is 23.1. The van der Waals surface area contributed by atoms with Gasteiger partial charge in [0.2, 0.25) is 0 Å². The molecule has 1 aliphatic heterocycles. The van der Waals surface area contributed by atoms with E-state index in [1.54, 1.807) is 0 Å². The summed E-state index contributed by atoms with van der Waals surface area (Å²) in [7, 11) is 0. The second kappa shape index (κ2) is 15.3. The molecule has 0 saturated heterocycles. The summed E-state index contributed by atoms with van der Waals surface area (Å²) in [5, 5.41) is 12.2. The summed E-state index contributed by atoms with van der Waals surface area (Å²) in [5.41, 5.74) is 15.9. The van der Waals surface area contributed by atoms with Crippen LogP contribution in [0.4, 0.5) is 0 Å². The number of benzene rings is 10. The Morgan fingerprint density at radius 1 is 0.418 bits per heavy atom. The van der Waals surface area contributed by atoms with E-state index >= 15 is 0 Å². The number of pyridine rings is 1. The normalized spacial score (nSPS) is 15.0. The molecule has 67 heavy (non-hydrogen) atoms. The average molecular weight is 857 g/mol. The van der Waals surface area contributed by atoms with Gasteiger partial charge in [0.25, 0.3) is 0 Å². The van der Waals surface area contributed by atoms with E-state index in [9.17, 15) is 0 Å². The number of para-hydroxylation sites is 1. The monoisotopic (exact) mass is 856 g/mol. The minimum Gasteiger partial charge on any atom is -0.344 e. The predicted octanol–water partition coefficient (Wildman–Crippen LogP) is 15.5. The highest BCUT2D eigenvalue weighted by atomic mass is 15.2. The largest absolute Gasteiger partial charge is 0.344 e. The van der Waals surface area contributed by atoms with Gasteiger partial charge in [0.15, 0.2) is 5.84 Å². The fraction of sp³-hybridized carbons (Fsp3) is 0.0635. The van der Waals surface area contributed by atoms with Gasteiger partial charge in [0, 0.05) is 32.9 Å². The van der Waals surface area contributed by atoms with Crippen LogP contribution in [0.2, 0.25) is 0 Å². The summed E-state index contributed by atoms with van der Waals surface area (Å²) in [6.07, 6.45) is -0.415. The van der Waals surface area contributed by atoms with Gasteiger partial charge in [-0.2, -0.15) is 0 Å². The summed E-state index contributed by atoms with van der Waals surface area (Å²) in [6, 6.07) is 78.7. The van der Waals surface area contributed by atoms with Crippen LogP contribution >= 0.6 is 0 Å². The lowest BCUT2D eigenvalue weighted by atomic mass is 9.81. The molecule has 0 amide bonds. The van der Waals surface area contributed by atoms with E-state index in [-0.39, 0.29) is 5.41 Å². The summed E-state index contributed by atoms with van der Waals surface area (Å²) in [4.78, 5) is 15.9. The number of rotatable bonds is 6. The molecule has 13 rings (SSSR count). The Bertz CT molecular complexity index is 3870. The molecule has 1 atom stereocenters. The number of nitrogens with zero attached hydrogens (tertiary/aromatic N) is 3. The first kappa shape index (κ1) is 38.9. The molecule has 2 aliphatic rings. The molecular formula is C63H44N4. The van der Waals surface area contributed by atoms with E-state index in [1.807, 2.05) is 24.3 Å². The number of amidine groups is 2. The Kier molecular flexibility index (Phi) is 8.91. The van der Waals surface area contributed by atoms with Gasteiger partial charge in [-0.15, -0.1) is 0 Å². The lowest BCUT2D eigenvalue weighted by Crippen LogP contribution is -2.33. The summed E-state index contributed by atoms with van der Waals surface area (Å²) in [6.45, 7) is 4.74. The van der Waals surface area contributed by atoms with E-state index in [0.717, 1.165) is 77.5 Å². The molecule has 4 heteroatoms. The third-order valence-electron chi connectivity index (χ3n) is 14.1. The lowest BCUT2D eigenvalue weighted by molar-refractivity contribution is 0.661. The van der Waals surface area contributed by atoms with Crippen molar-refractivity contribution in [1.82, 2.24) is 10.3 Å². The van der Waals surface area contributed by atoms with Gasteiger partial charge in [0.05, 0.1) is 11.2 Å². The maximum Gasteiger partial charge on any atom is 0.159 e. The third kappa shape index (κ3) is 6.40. The number of fused-ring (bicyclic) bond motifs is 9. The zero-order valence-electron chi connectivity index (χ0n) is 37.2. The van der Waals surface area contributed by atoms with Gasteiger partial charge in [0.1, 0.15) is 12.0 Å². The van der Waals surface area contributed by atoms with Crippen LogP contribution in [0.1, 0.15) is 47.8 Å². The number of hydrogen-bond acceptors (Lipinski definition) is 4. The zero-order valence-corrected chi connectivity index (χ0v) is 37.2. The highest BCUT2D eigenvalue weighted by molar-refractivity contribution is 6.15. The Morgan fingerprint density at radius 3 is 1.82 bits per heavy atom. The molecule has 0 radical (unpaired) electrons. The molecule has 2 heterocycles. The van der Waals surface area contributed by atoms with Crippen LogP contribution in [0.25, 0.3) is 87.9 Å². The maximum atomic E-state index is 5.38. The van der Waals surface area contributed by atoms with E-state index in [1.165, 1.54) is 44.0 Å². The van der Waals surface area contributed by atoms with Crippen molar-refractivity contribution < 1.29 is 0 Å². The Morgan fingerprint density at radius 2 is 1.03 bits per heavy atom. The standard InChI is InChI=1S/C63H44N4/c1-63(2)55-34-30-39-17-9-10-22-47(39)58(55)54-31-29-42(38-56(54)63)43-35-44(37-45(36-43)62-66-60(40-18-5-3-6-19-40)65-61(67-62)41-20-7-4-8-21-41)46-32-33-53(49-24-12-11-23-48(46)49)59-52-27-14-13-25-50(52)51-26-15-16-28-57(51)64-59/h3-38,62H,1-2H3,(H,65,66,67). The van der Waals surface area contributed by atoms with Crippen LogP contribution in [0.5, 0.6) is 0 Å². The third-order valence-corrected chi connectivity index (χ3v) is 14.1. The molecule has 0 fully saturated rings. The summed E-state index contributed by atoms with van der Waals surface area (Å²) < 4.78 is 0. The van der Waals surface area contributed by atoms with Crippen LogP contribution in [-0.2, 0) is 5.41 Å². The van der Waals surface area contributed by atoms with Crippen molar-refractivity contribution in [3.63, 3.8) is 0 Å². The number of hydrogen-bond donors (Lipinski definition) is 1. The molecule has 10 aromatic carbocycles. The number of nitrogens with one attached hydrogen (secondary N) is 1. The molecule has 316 valence electrons. The smallest absolute Gasteiger partial charge is 0.159 e. The van der Waals surface area contributed by atoms with Crippen molar-refractivity contribution in [2.24, 2.45) is 9.98 Å². The number of aliphatic imine (C=N–C) groups is 2. The topological polar surface area (TPSA) is 49.6 Å². The predicted molar refractivity (Wildman–Crippen MR) is 280 cm³/mol. The van der Waals surface area contributed by atoms with Gasteiger partial charge in [-0.25, -0.2) is 15.0 Å². The molecule has 1 unspecified atom stereocenters. The van der Waals surface area contributed by atoms with Crippen LogP contribution in [-0.4, -0.2) is 16.7 Å². The van der Waals surface area contributed by atoms with Crippen molar-refractivity contribution in [2.75, 3.05) is 0 Å². The fourth-order valence-corrected chi connectivity index (χ4v) is 10.8. The number of aromatic nitrogens is 1. The van der Waals surface area contributed by atoms with E-state index in [0.29, 0.717) is 5.84 Å². The van der Waals surface area contributed by atoms with Crippen molar-refractivity contribution in [3.8, 4) is 44.6 Å². The molecule has 0 spiro atoms. The molecule has 11 aromatic rings. The van der Waals surface area contributed by atoms with Crippen LogP contribution in [0.3, 0.4) is 0 Å². The van der Waals surface area contributed by atoms with E-state index in [4.69, 9.17) is 15.0 Å². The van der Waals surface area contributed by atoms with Crippen LogP contribution in [0.15, 0.2) is 228 Å². The van der Waals surface area contributed by atoms with Crippen molar-refractivity contribution in [1.29, 1.82) is 0 Å². The van der Waals surface area contributed by atoms with Gasteiger partial charge in [-0.1, -0.05) is 202 Å². The lowest BCUT2D eigenvalue weighted by Gasteiger charge is -2.25. The zero-order chi connectivity index (χ0) is 44.6. The molecule has 0 bridgehead atoms. The highest BCUT2D eigenvalue weighted by Crippen LogP contribution is 2.52. The molecular weight excluding hydrogens is 813 g/mol. The van der Waals surface area contributed by atoms with Crippen LogP contribution < -0.4 is 5.32 Å². The SMILES string of the molecule is CC1(C)c2cc(-c3cc(-c4ccc(-c5nc6ccccc6c6ccccc56)c5ccccc45)cc(C4N=C(c5ccccc5)N=C(c5ccccc5)N4)c3)ccc2-c2c1ccc1ccccc21. The summed E-state index contributed by atoms with van der Waals surface area (Å²) >= 11 is 0. The second-order valence-corrected chi connectivity index (χ2v) is 18.4. The Hall–Kier alpha value is -8.47. The second-order valence-electron chi connectivity index (χ2n) is 18.4. The van der Waals surface area contributed by atoms with Crippen molar-refractivity contribution in [2.45, 2.75) is 25.4 Å². The highest BCUT2D eigenvalue weighted by Gasteiger charge is 2.37. The Balaban J connectivity index is 1.02. The fourth-order valence-electron chi connectivity index (χ4n) is 10.8. The summed E-state index contributed by atoms with van der Waals surface area (Å²) in [5.74, 6) is 1.49. The first-order chi connectivity index (χ1) is 33.0. The quantitative estimate of drug-likeness (QED) is 0.169. The van der Waals surface area contributed by atoms with Gasteiger partial charge < -0.3 is 5.32 Å². The Labute approximate surface area is 389 Å². The van der Waals surface area contributed by atoms with Crippen molar-refractivity contribution >= 4 is 54.9 Å². The first-order valence-corrected chi connectivity index (χ1v) is 23.1. The van der Waals surface area contributed by atoms with Gasteiger partial charge in [-0.05, 0) is 107 Å². The molecule has 1 aliphatic carbocycles. The molecule has 0 saturated carbocycles. The minimum absolute atomic E-state index is 0.182. The van der Waals surface area contributed by atoms with E-state index in [2.05, 4.69) is 213 Å². The van der Waals surface area contributed by atoms with E-state index < -0.39 is 6.17 Å². The molecule has 1 aromatic heterocycles. The van der Waals surface area contributed by atoms with Gasteiger partial charge in [-0.3, -0.25) is 0 Å². The molecule has 1 N–H and O–H groups in total.